The Morgan fingerprint density at radius 1 is 1.33 bits per heavy atom. The Hall–Kier alpha value is -3.09. The SMILES string of the molecule is COC(=O)C1=C(N)Oc2cc(C)oc(=O)c2C1c1ccccc1F. The number of ether oxygens (including phenoxy) is 2. The fraction of sp³-hybridized carbons (Fsp3) is 0.176. The summed E-state index contributed by atoms with van der Waals surface area (Å²) < 4.78 is 29.6. The van der Waals surface area contributed by atoms with Crippen molar-refractivity contribution in [1.82, 2.24) is 0 Å². The third-order valence-corrected chi connectivity index (χ3v) is 3.76. The van der Waals surface area contributed by atoms with E-state index in [0.717, 1.165) is 7.11 Å². The number of hydrogen-bond acceptors (Lipinski definition) is 6. The van der Waals surface area contributed by atoms with Gasteiger partial charge in [-0.2, -0.15) is 0 Å². The molecule has 2 aromatic rings. The number of hydrogen-bond donors (Lipinski definition) is 1. The van der Waals surface area contributed by atoms with Crippen LogP contribution in [-0.4, -0.2) is 13.1 Å². The largest absolute Gasteiger partial charge is 0.465 e. The number of fused-ring (bicyclic) bond motifs is 1. The molecule has 1 aromatic carbocycles. The summed E-state index contributed by atoms with van der Waals surface area (Å²) in [6.07, 6.45) is 0. The highest BCUT2D eigenvalue weighted by Gasteiger charge is 2.39. The molecule has 24 heavy (non-hydrogen) atoms. The fourth-order valence-electron chi connectivity index (χ4n) is 2.75. The maximum Gasteiger partial charge on any atom is 0.343 e. The molecule has 1 aliphatic heterocycles. The summed E-state index contributed by atoms with van der Waals surface area (Å²) in [6, 6.07) is 7.25. The number of nitrogens with two attached hydrogens (primary N) is 1. The molecule has 1 unspecified atom stereocenters. The van der Waals surface area contributed by atoms with E-state index in [1.54, 1.807) is 13.0 Å². The van der Waals surface area contributed by atoms with Gasteiger partial charge in [0.1, 0.15) is 22.9 Å². The summed E-state index contributed by atoms with van der Waals surface area (Å²) in [7, 11) is 1.16. The van der Waals surface area contributed by atoms with Crippen LogP contribution >= 0.6 is 0 Å². The molecular formula is C17H14FNO5. The average Bonchev–Trinajstić information content (AvgIpc) is 2.53. The minimum atomic E-state index is -1.08. The van der Waals surface area contributed by atoms with E-state index >= 15 is 0 Å². The van der Waals surface area contributed by atoms with Gasteiger partial charge >= 0.3 is 11.6 Å². The van der Waals surface area contributed by atoms with E-state index in [2.05, 4.69) is 0 Å². The van der Waals surface area contributed by atoms with E-state index in [-0.39, 0.29) is 28.3 Å². The molecule has 1 aliphatic rings. The molecule has 6 nitrogen and oxygen atoms in total. The van der Waals surface area contributed by atoms with Gasteiger partial charge < -0.3 is 19.6 Å². The van der Waals surface area contributed by atoms with Crippen LogP contribution in [0.1, 0.15) is 22.8 Å². The van der Waals surface area contributed by atoms with Gasteiger partial charge in [0.05, 0.1) is 18.6 Å². The molecule has 2 N–H and O–H groups in total. The van der Waals surface area contributed by atoms with Crippen LogP contribution in [0.5, 0.6) is 5.75 Å². The normalized spacial score (nSPS) is 16.4. The number of benzene rings is 1. The van der Waals surface area contributed by atoms with Crippen molar-refractivity contribution < 1.29 is 23.1 Å². The van der Waals surface area contributed by atoms with Crippen molar-refractivity contribution in [3.8, 4) is 5.75 Å². The highest BCUT2D eigenvalue weighted by Crippen LogP contribution is 2.41. The molecule has 0 fully saturated rings. The maximum absolute atomic E-state index is 14.4. The molecule has 0 aliphatic carbocycles. The highest BCUT2D eigenvalue weighted by molar-refractivity contribution is 5.92. The quantitative estimate of drug-likeness (QED) is 0.846. The molecule has 0 bridgehead atoms. The predicted octanol–water partition coefficient (Wildman–Crippen LogP) is 1.95. The smallest absolute Gasteiger partial charge is 0.343 e. The molecule has 124 valence electrons. The summed E-state index contributed by atoms with van der Waals surface area (Å²) in [4.78, 5) is 24.5. The van der Waals surface area contributed by atoms with Crippen LogP contribution in [0.15, 0.2) is 51.0 Å². The third-order valence-electron chi connectivity index (χ3n) is 3.76. The Balaban J connectivity index is 2.35. The number of carbonyl (C=O) groups excluding carboxylic acids is 1. The third kappa shape index (κ3) is 2.44. The van der Waals surface area contributed by atoms with E-state index in [4.69, 9.17) is 19.6 Å². The molecule has 0 saturated heterocycles. The molecule has 2 heterocycles. The van der Waals surface area contributed by atoms with Gasteiger partial charge in [0.25, 0.3) is 0 Å². The molecule has 3 rings (SSSR count). The van der Waals surface area contributed by atoms with E-state index in [9.17, 15) is 14.0 Å². The molecule has 1 aromatic heterocycles. The van der Waals surface area contributed by atoms with Crippen molar-refractivity contribution in [2.75, 3.05) is 7.11 Å². The zero-order chi connectivity index (χ0) is 17.4. The first kappa shape index (κ1) is 15.8. The highest BCUT2D eigenvalue weighted by atomic mass is 19.1. The molecule has 0 spiro atoms. The summed E-state index contributed by atoms with van der Waals surface area (Å²) in [5, 5.41) is 0. The van der Waals surface area contributed by atoms with Crippen LogP contribution in [0, 0.1) is 12.7 Å². The Labute approximate surface area is 136 Å². The van der Waals surface area contributed by atoms with Gasteiger partial charge in [-0.3, -0.25) is 0 Å². The van der Waals surface area contributed by atoms with Crippen LogP contribution in [0.2, 0.25) is 0 Å². The lowest BCUT2D eigenvalue weighted by atomic mass is 9.83. The monoisotopic (exact) mass is 331 g/mol. The number of rotatable bonds is 2. The second-order valence-electron chi connectivity index (χ2n) is 5.25. The lowest BCUT2D eigenvalue weighted by Gasteiger charge is -2.27. The van der Waals surface area contributed by atoms with Crippen molar-refractivity contribution in [2.24, 2.45) is 5.73 Å². The second-order valence-corrected chi connectivity index (χ2v) is 5.25. The van der Waals surface area contributed by atoms with Crippen molar-refractivity contribution >= 4 is 5.97 Å². The van der Waals surface area contributed by atoms with E-state index in [1.807, 2.05) is 0 Å². The van der Waals surface area contributed by atoms with Gasteiger partial charge in [-0.1, -0.05) is 18.2 Å². The van der Waals surface area contributed by atoms with Crippen LogP contribution in [0.25, 0.3) is 0 Å². The van der Waals surface area contributed by atoms with Gasteiger partial charge in [-0.05, 0) is 13.0 Å². The van der Waals surface area contributed by atoms with Gasteiger partial charge in [0.15, 0.2) is 0 Å². The zero-order valence-electron chi connectivity index (χ0n) is 13.0. The first-order valence-corrected chi connectivity index (χ1v) is 7.09. The molecule has 0 radical (unpaired) electrons. The number of methoxy groups -OCH3 is 1. The molecule has 7 heteroatoms. The summed E-state index contributed by atoms with van der Waals surface area (Å²) in [5.41, 5.74) is 5.07. The molecule has 0 saturated carbocycles. The van der Waals surface area contributed by atoms with Crippen molar-refractivity contribution in [3.05, 3.63) is 74.9 Å². The summed E-state index contributed by atoms with van der Waals surface area (Å²) in [6.45, 7) is 1.57. The minimum Gasteiger partial charge on any atom is -0.465 e. The zero-order valence-corrected chi connectivity index (χ0v) is 13.0. The lowest BCUT2D eigenvalue weighted by Crippen LogP contribution is -2.31. The van der Waals surface area contributed by atoms with Crippen molar-refractivity contribution in [1.29, 1.82) is 0 Å². The van der Waals surface area contributed by atoms with Crippen molar-refractivity contribution in [2.45, 2.75) is 12.8 Å². The number of esters is 1. The molecule has 1 atom stereocenters. The van der Waals surface area contributed by atoms with Crippen LogP contribution in [0.4, 0.5) is 4.39 Å². The van der Waals surface area contributed by atoms with Crippen LogP contribution in [0.3, 0.4) is 0 Å². The Morgan fingerprint density at radius 2 is 2.04 bits per heavy atom. The van der Waals surface area contributed by atoms with Crippen LogP contribution in [-0.2, 0) is 9.53 Å². The van der Waals surface area contributed by atoms with Gasteiger partial charge in [-0.25, -0.2) is 14.0 Å². The summed E-state index contributed by atoms with van der Waals surface area (Å²) in [5.74, 6) is -2.30. The first-order chi connectivity index (χ1) is 11.4. The maximum atomic E-state index is 14.4. The topological polar surface area (TPSA) is 91.8 Å². The number of halogens is 1. The van der Waals surface area contributed by atoms with E-state index in [0.29, 0.717) is 5.76 Å². The molecule has 0 amide bonds. The lowest BCUT2D eigenvalue weighted by molar-refractivity contribution is -0.136. The Kier molecular flexibility index (Phi) is 3.84. The summed E-state index contributed by atoms with van der Waals surface area (Å²) >= 11 is 0. The first-order valence-electron chi connectivity index (χ1n) is 7.09. The van der Waals surface area contributed by atoms with Gasteiger partial charge in [0.2, 0.25) is 5.88 Å². The Bertz CT molecular complexity index is 915. The second kappa shape index (κ2) is 5.84. The van der Waals surface area contributed by atoms with Crippen LogP contribution < -0.4 is 16.1 Å². The predicted molar refractivity (Wildman–Crippen MR) is 81.8 cm³/mol. The number of carbonyl (C=O) groups is 1. The number of aryl methyl sites for hydroxylation is 1. The van der Waals surface area contributed by atoms with Gasteiger partial charge in [0, 0.05) is 11.6 Å². The van der Waals surface area contributed by atoms with E-state index in [1.165, 1.54) is 24.3 Å². The Morgan fingerprint density at radius 3 is 2.71 bits per heavy atom. The average molecular weight is 331 g/mol. The van der Waals surface area contributed by atoms with E-state index < -0.39 is 23.3 Å². The van der Waals surface area contributed by atoms with Crippen molar-refractivity contribution in [3.63, 3.8) is 0 Å². The van der Waals surface area contributed by atoms with Gasteiger partial charge in [-0.15, -0.1) is 0 Å². The minimum absolute atomic E-state index is 0.000278. The molecular weight excluding hydrogens is 317 g/mol. The standard InChI is InChI=1S/C17H14FNO5/c1-8-7-11-13(17(21)23-8)12(9-5-3-4-6-10(9)18)14(15(19)24-11)16(20)22-2/h3-7,12H,19H2,1-2H3. The fourth-order valence-corrected chi connectivity index (χ4v) is 2.75.